The zero-order valence-corrected chi connectivity index (χ0v) is 12.3. The van der Waals surface area contributed by atoms with Gasteiger partial charge in [0.1, 0.15) is 0 Å². The molecule has 1 amide bonds. The van der Waals surface area contributed by atoms with Crippen molar-refractivity contribution in [1.82, 2.24) is 4.31 Å². The van der Waals surface area contributed by atoms with E-state index in [2.05, 4.69) is 0 Å². The molecule has 1 fully saturated rings. The Balaban J connectivity index is 2.63. The summed E-state index contributed by atoms with van der Waals surface area (Å²) in [5, 5.41) is 9.26. The normalized spacial score (nSPS) is 19.9. The summed E-state index contributed by atoms with van der Waals surface area (Å²) in [5.41, 5.74) is -3.63. The molecule has 5 nitrogen and oxygen atoms in total. The van der Waals surface area contributed by atoms with Crippen LogP contribution in [0.5, 0.6) is 0 Å². The third-order valence-corrected chi connectivity index (χ3v) is 4.98. The van der Waals surface area contributed by atoms with E-state index in [0.717, 1.165) is 0 Å². The zero-order chi connectivity index (χ0) is 18.5. The lowest BCUT2D eigenvalue weighted by atomic mass is 10.1. The van der Waals surface area contributed by atoms with Crippen LogP contribution in [0.15, 0.2) is 23.1 Å². The Hall–Kier alpha value is -1.82. The van der Waals surface area contributed by atoms with Crippen molar-refractivity contribution < 1.29 is 44.7 Å². The van der Waals surface area contributed by atoms with E-state index in [9.17, 15) is 44.7 Å². The first kappa shape index (κ1) is 18.5. The number of sulfonamides is 1. The van der Waals surface area contributed by atoms with E-state index in [4.69, 9.17) is 0 Å². The van der Waals surface area contributed by atoms with Crippen LogP contribution < -0.4 is 0 Å². The molecule has 1 saturated heterocycles. The highest BCUT2D eigenvalue weighted by atomic mass is 32.2. The molecular weight excluding hydrogens is 368 g/mol. The number of benzene rings is 1. The molecule has 0 saturated carbocycles. The predicted octanol–water partition coefficient (Wildman–Crippen LogP) is 2.01. The maximum atomic E-state index is 12.8. The Morgan fingerprint density at radius 1 is 1.00 bits per heavy atom. The van der Waals surface area contributed by atoms with E-state index < -0.39 is 63.4 Å². The fourth-order valence-electron chi connectivity index (χ4n) is 2.10. The van der Waals surface area contributed by atoms with Crippen molar-refractivity contribution in [2.24, 2.45) is 0 Å². The zero-order valence-electron chi connectivity index (χ0n) is 11.5. The summed E-state index contributed by atoms with van der Waals surface area (Å²) < 4.78 is 101. The summed E-state index contributed by atoms with van der Waals surface area (Å²) in [5.74, 6) is -1.12. The van der Waals surface area contributed by atoms with Gasteiger partial charge >= 0.3 is 12.4 Å². The van der Waals surface area contributed by atoms with E-state index in [1.54, 1.807) is 0 Å². The second-order valence-corrected chi connectivity index (χ2v) is 6.89. The lowest BCUT2D eigenvalue weighted by Gasteiger charge is -2.19. The van der Waals surface area contributed by atoms with Crippen LogP contribution >= 0.6 is 0 Å². The van der Waals surface area contributed by atoms with Gasteiger partial charge in [-0.25, -0.2) is 12.7 Å². The molecule has 0 bridgehead atoms. The number of carbonyl (C=O) groups is 1. The Labute approximate surface area is 131 Å². The first-order valence-electron chi connectivity index (χ1n) is 6.26. The molecule has 1 heterocycles. The summed E-state index contributed by atoms with van der Waals surface area (Å²) in [6.45, 7) is -0.737. The number of carbonyl (C=O) groups excluding carboxylic acids is 1. The Morgan fingerprint density at radius 2 is 1.46 bits per heavy atom. The first-order valence-corrected chi connectivity index (χ1v) is 7.70. The Kier molecular flexibility index (Phi) is 4.34. The van der Waals surface area contributed by atoms with Crippen LogP contribution in [-0.4, -0.2) is 36.4 Å². The van der Waals surface area contributed by atoms with Crippen LogP contribution in [0.1, 0.15) is 17.5 Å². The summed E-state index contributed by atoms with van der Waals surface area (Å²) in [4.78, 5) is 10.2. The van der Waals surface area contributed by atoms with Crippen molar-refractivity contribution >= 4 is 15.9 Å². The third kappa shape index (κ3) is 3.48. The number of alkyl halides is 6. The molecule has 1 aromatic rings. The average molecular weight is 377 g/mol. The molecule has 134 valence electrons. The maximum absolute atomic E-state index is 12.8. The van der Waals surface area contributed by atoms with Crippen LogP contribution in [0.25, 0.3) is 0 Å². The molecule has 24 heavy (non-hydrogen) atoms. The number of aliphatic hydroxyl groups is 1. The molecule has 1 aliphatic rings. The number of hydrogen-bond donors (Lipinski definition) is 1. The van der Waals surface area contributed by atoms with Crippen molar-refractivity contribution in [3.05, 3.63) is 29.3 Å². The second-order valence-electron chi connectivity index (χ2n) is 5.03. The first-order chi connectivity index (χ1) is 10.7. The summed E-state index contributed by atoms with van der Waals surface area (Å²) in [6, 6.07) is -0.190. The quantitative estimate of drug-likeness (QED) is 0.801. The molecule has 0 aromatic heterocycles. The van der Waals surface area contributed by atoms with Gasteiger partial charge in [0.25, 0.3) is 10.0 Å². The average Bonchev–Trinajstić information content (AvgIpc) is 2.76. The Morgan fingerprint density at radius 3 is 1.79 bits per heavy atom. The van der Waals surface area contributed by atoms with E-state index in [-0.39, 0.29) is 22.5 Å². The number of hydrogen-bond acceptors (Lipinski definition) is 4. The van der Waals surface area contributed by atoms with E-state index in [0.29, 0.717) is 0 Å². The number of amides is 1. The number of rotatable bonds is 2. The van der Waals surface area contributed by atoms with Crippen molar-refractivity contribution in [2.75, 3.05) is 6.54 Å². The van der Waals surface area contributed by atoms with Crippen LogP contribution in [0.3, 0.4) is 0 Å². The van der Waals surface area contributed by atoms with Gasteiger partial charge in [0.2, 0.25) is 5.91 Å². The number of β-amino-alcohol motifs (C(OH)–C–C–N with tert-alkyl or cyclic N) is 1. The van der Waals surface area contributed by atoms with Crippen LogP contribution in [0.4, 0.5) is 26.3 Å². The highest BCUT2D eigenvalue weighted by Crippen LogP contribution is 2.38. The van der Waals surface area contributed by atoms with Gasteiger partial charge in [-0.05, 0) is 18.2 Å². The number of aliphatic hydroxyl groups excluding tert-OH is 1. The molecule has 1 aliphatic heterocycles. The fraction of sp³-hybridized carbons (Fsp3) is 0.417. The standard InChI is InChI=1S/C12H9F6NO4S/c13-11(14,15)6-1-7(12(16,17)18)3-9(2-6)24(22,23)19-5-8(20)4-10(19)21/h1-3,8,20H,4-5H2. The molecule has 1 aromatic carbocycles. The summed E-state index contributed by atoms with van der Waals surface area (Å²) in [7, 11) is -4.96. The molecule has 0 aliphatic carbocycles. The van der Waals surface area contributed by atoms with Gasteiger partial charge in [-0.3, -0.25) is 4.79 Å². The minimum absolute atomic E-state index is 0.0164. The predicted molar refractivity (Wildman–Crippen MR) is 66.0 cm³/mol. The van der Waals surface area contributed by atoms with Crippen LogP contribution in [0, 0.1) is 0 Å². The molecule has 1 atom stereocenters. The number of nitrogens with zero attached hydrogens (tertiary/aromatic N) is 1. The van der Waals surface area contributed by atoms with Crippen molar-refractivity contribution in [1.29, 1.82) is 0 Å². The van der Waals surface area contributed by atoms with Gasteiger partial charge in [-0.15, -0.1) is 0 Å². The molecule has 12 heteroatoms. The van der Waals surface area contributed by atoms with Crippen LogP contribution in [-0.2, 0) is 27.2 Å². The van der Waals surface area contributed by atoms with Crippen molar-refractivity contribution in [3.8, 4) is 0 Å². The number of halogens is 6. The van der Waals surface area contributed by atoms with Gasteiger partial charge in [-0.2, -0.15) is 26.3 Å². The van der Waals surface area contributed by atoms with Gasteiger partial charge in [0, 0.05) is 0 Å². The van der Waals surface area contributed by atoms with Gasteiger partial charge < -0.3 is 5.11 Å². The lowest BCUT2D eigenvalue weighted by molar-refractivity contribution is -0.143. The SMILES string of the molecule is O=C1CC(O)CN1S(=O)(=O)c1cc(C(F)(F)F)cc(C(F)(F)F)c1. The van der Waals surface area contributed by atoms with E-state index in [1.165, 1.54) is 0 Å². The van der Waals surface area contributed by atoms with Gasteiger partial charge in [-0.1, -0.05) is 0 Å². The molecule has 0 spiro atoms. The fourth-order valence-corrected chi connectivity index (χ4v) is 3.61. The maximum Gasteiger partial charge on any atom is 0.416 e. The smallest absolute Gasteiger partial charge is 0.391 e. The molecule has 1 N–H and O–H groups in total. The van der Waals surface area contributed by atoms with Gasteiger partial charge in [0.05, 0.1) is 35.1 Å². The van der Waals surface area contributed by atoms with Gasteiger partial charge in [0.15, 0.2) is 0 Å². The molecule has 1 unspecified atom stereocenters. The second kappa shape index (κ2) is 5.62. The highest BCUT2D eigenvalue weighted by Gasteiger charge is 2.42. The lowest BCUT2D eigenvalue weighted by Crippen LogP contribution is -2.33. The van der Waals surface area contributed by atoms with E-state index >= 15 is 0 Å². The molecule has 2 rings (SSSR count). The third-order valence-electron chi connectivity index (χ3n) is 3.21. The summed E-state index contributed by atoms with van der Waals surface area (Å²) in [6.07, 6.45) is -12.4. The topological polar surface area (TPSA) is 74.7 Å². The minimum atomic E-state index is -5.22. The Bertz CT molecular complexity index is 738. The van der Waals surface area contributed by atoms with Crippen molar-refractivity contribution in [3.63, 3.8) is 0 Å². The van der Waals surface area contributed by atoms with E-state index in [1.807, 2.05) is 0 Å². The monoisotopic (exact) mass is 377 g/mol. The van der Waals surface area contributed by atoms with Crippen LogP contribution in [0.2, 0.25) is 0 Å². The molecule has 0 radical (unpaired) electrons. The van der Waals surface area contributed by atoms with Crippen molar-refractivity contribution in [2.45, 2.75) is 29.8 Å². The highest BCUT2D eigenvalue weighted by molar-refractivity contribution is 7.89. The summed E-state index contributed by atoms with van der Waals surface area (Å²) >= 11 is 0. The minimum Gasteiger partial charge on any atom is -0.391 e. The molecular formula is C12H9F6NO4S. The largest absolute Gasteiger partial charge is 0.416 e.